The van der Waals surface area contributed by atoms with E-state index in [0.29, 0.717) is 21.4 Å². The van der Waals surface area contributed by atoms with Crippen LogP contribution in [-0.2, 0) is 6.42 Å². The van der Waals surface area contributed by atoms with Gasteiger partial charge in [-0.05, 0) is 62.9 Å². The first-order valence-electron chi connectivity index (χ1n) is 11.2. The number of carbonyl (C=O) groups is 1. The highest BCUT2D eigenvalue weighted by Gasteiger charge is 2.25. The number of hydrogen-bond donors (Lipinski definition) is 1. The lowest BCUT2D eigenvalue weighted by atomic mass is 10.1. The van der Waals surface area contributed by atoms with Crippen molar-refractivity contribution in [1.29, 1.82) is 0 Å². The minimum Gasteiger partial charge on any atom is -0.283 e. The monoisotopic (exact) mass is 490 g/mol. The third kappa shape index (κ3) is 5.04. The minimum absolute atomic E-state index is 0.183. The Morgan fingerprint density at radius 3 is 2.66 bits per heavy atom. The second-order valence-corrected chi connectivity index (χ2v) is 10.2. The van der Waals surface area contributed by atoms with Crippen LogP contribution in [0, 0.1) is 6.92 Å². The van der Waals surface area contributed by atoms with Crippen molar-refractivity contribution >= 4 is 40.4 Å². The van der Waals surface area contributed by atoms with Crippen LogP contribution in [0.15, 0.2) is 30.3 Å². The highest BCUT2D eigenvalue weighted by Crippen LogP contribution is 2.36. The fourth-order valence-electron chi connectivity index (χ4n) is 4.02. The molecule has 1 aliphatic heterocycles. The van der Waals surface area contributed by atoms with Crippen LogP contribution in [0.1, 0.15) is 60.0 Å². The van der Waals surface area contributed by atoms with Gasteiger partial charge in [-0.25, -0.2) is 9.69 Å². The summed E-state index contributed by atoms with van der Waals surface area (Å²) in [5, 5.41) is 7.79. The number of carbonyl (C=O) groups excluding carboxylic acids is 1. The second-order valence-electron chi connectivity index (χ2n) is 8.19. The Kier molecular flexibility index (Phi) is 7.56. The summed E-state index contributed by atoms with van der Waals surface area (Å²) in [5.74, 6) is -0.183. The predicted octanol–water partition coefficient (Wildman–Crippen LogP) is 6.69. The maximum atomic E-state index is 13.2. The van der Waals surface area contributed by atoms with Gasteiger partial charge in [0, 0.05) is 28.6 Å². The molecule has 0 aliphatic carbocycles. The molecule has 1 N–H and O–H groups in total. The molecule has 1 aliphatic rings. The number of benzene rings is 1. The number of unbranched alkanes of at least 4 members (excludes halogenated alkanes) is 1. The van der Waals surface area contributed by atoms with E-state index in [1.54, 1.807) is 28.2 Å². The van der Waals surface area contributed by atoms with E-state index in [9.17, 15) is 4.79 Å². The zero-order chi connectivity index (χ0) is 22.7. The Balaban J connectivity index is 1.75. The summed E-state index contributed by atoms with van der Waals surface area (Å²) in [6.45, 7) is 5.89. The average Bonchev–Trinajstić information content (AvgIpc) is 3.37. The summed E-state index contributed by atoms with van der Waals surface area (Å²) in [7, 11) is 0. The number of rotatable bonds is 7. The van der Waals surface area contributed by atoms with Crippen molar-refractivity contribution in [2.75, 3.05) is 13.1 Å². The topological polar surface area (TPSA) is 50.2 Å². The molecule has 0 atom stereocenters. The molecule has 1 amide bonds. The molecule has 3 heterocycles. The lowest BCUT2D eigenvalue weighted by Gasteiger charge is -2.26. The third-order valence-corrected chi connectivity index (χ3v) is 7.45. The first kappa shape index (κ1) is 23.3. The number of nitrogens with one attached hydrogen (secondary N) is 1. The fraction of sp³-hybridized carbons (Fsp3) is 0.417. The maximum absolute atomic E-state index is 13.2. The van der Waals surface area contributed by atoms with Crippen molar-refractivity contribution in [2.45, 2.75) is 52.4 Å². The highest BCUT2D eigenvalue weighted by atomic mass is 35.5. The summed E-state index contributed by atoms with van der Waals surface area (Å²) in [5.41, 5.74) is 5.90. The average molecular weight is 491 g/mol. The van der Waals surface area contributed by atoms with Crippen LogP contribution < -0.4 is 5.43 Å². The predicted molar refractivity (Wildman–Crippen MR) is 133 cm³/mol. The van der Waals surface area contributed by atoms with E-state index < -0.39 is 0 Å². The van der Waals surface area contributed by atoms with Gasteiger partial charge < -0.3 is 0 Å². The van der Waals surface area contributed by atoms with E-state index in [-0.39, 0.29) is 5.91 Å². The Morgan fingerprint density at radius 1 is 1.16 bits per heavy atom. The third-order valence-electron chi connectivity index (χ3n) is 5.76. The standard InChI is InChI=1S/C24H28Cl2N4OS/c1-3-4-8-18-10-12-21(32-18)23-16(2)22(24(31)28-29-13-6-5-7-14-29)27-30(23)20-11-9-17(25)15-19(20)26/h9-12,15H,3-8,13-14H2,1-2H3,(H,28,31). The molecule has 4 rings (SSSR count). The zero-order valence-corrected chi connectivity index (χ0v) is 20.8. The van der Waals surface area contributed by atoms with E-state index in [1.807, 2.05) is 18.0 Å². The molecule has 1 fully saturated rings. The van der Waals surface area contributed by atoms with Crippen LogP contribution in [-0.4, -0.2) is 33.8 Å². The van der Waals surface area contributed by atoms with Gasteiger partial charge in [-0.15, -0.1) is 11.3 Å². The number of hydrogen-bond acceptors (Lipinski definition) is 4. The molecule has 8 heteroatoms. The molecule has 3 aromatic rings. The lowest BCUT2D eigenvalue weighted by molar-refractivity contribution is 0.0743. The quantitative estimate of drug-likeness (QED) is 0.401. The first-order valence-corrected chi connectivity index (χ1v) is 12.7. The summed E-state index contributed by atoms with van der Waals surface area (Å²) < 4.78 is 1.79. The number of amides is 1. The van der Waals surface area contributed by atoms with E-state index in [0.717, 1.165) is 61.3 Å². The van der Waals surface area contributed by atoms with E-state index in [1.165, 1.54) is 11.3 Å². The van der Waals surface area contributed by atoms with E-state index in [4.69, 9.17) is 28.3 Å². The van der Waals surface area contributed by atoms with Gasteiger partial charge in [0.1, 0.15) is 0 Å². The van der Waals surface area contributed by atoms with Crippen molar-refractivity contribution in [3.63, 3.8) is 0 Å². The van der Waals surface area contributed by atoms with Gasteiger partial charge in [-0.3, -0.25) is 10.2 Å². The van der Waals surface area contributed by atoms with Crippen LogP contribution in [0.25, 0.3) is 16.3 Å². The Bertz CT molecular complexity index is 1100. The Labute approximate surface area is 203 Å². The minimum atomic E-state index is -0.183. The van der Waals surface area contributed by atoms with Gasteiger partial charge >= 0.3 is 0 Å². The number of aryl methyl sites for hydroxylation is 1. The molecule has 2 aromatic heterocycles. The zero-order valence-electron chi connectivity index (χ0n) is 18.5. The Hall–Kier alpha value is -1.86. The molecular weight excluding hydrogens is 463 g/mol. The van der Waals surface area contributed by atoms with Gasteiger partial charge in [0.2, 0.25) is 0 Å². The molecule has 0 unspecified atom stereocenters. The summed E-state index contributed by atoms with van der Waals surface area (Å²) in [6.07, 6.45) is 6.76. The van der Waals surface area contributed by atoms with Crippen LogP contribution in [0.4, 0.5) is 0 Å². The van der Waals surface area contributed by atoms with Crippen LogP contribution in [0.2, 0.25) is 10.0 Å². The second kappa shape index (κ2) is 10.4. The van der Waals surface area contributed by atoms with Gasteiger partial charge in [0.25, 0.3) is 5.91 Å². The number of halogens is 2. The highest BCUT2D eigenvalue weighted by molar-refractivity contribution is 7.15. The number of nitrogens with zero attached hydrogens (tertiary/aromatic N) is 3. The molecule has 0 bridgehead atoms. The molecule has 0 saturated carbocycles. The summed E-state index contributed by atoms with van der Waals surface area (Å²) in [6, 6.07) is 9.63. The van der Waals surface area contributed by atoms with Crippen molar-refractivity contribution in [3.05, 3.63) is 56.5 Å². The smallest absolute Gasteiger partial charge is 0.283 e. The summed E-state index contributed by atoms with van der Waals surface area (Å²) in [4.78, 5) is 15.6. The molecule has 0 spiro atoms. The van der Waals surface area contributed by atoms with Gasteiger partial charge in [-0.2, -0.15) is 5.10 Å². The molecule has 1 aromatic carbocycles. The first-order chi connectivity index (χ1) is 15.5. The number of aromatic nitrogens is 2. The largest absolute Gasteiger partial charge is 0.286 e. The Morgan fingerprint density at radius 2 is 1.94 bits per heavy atom. The van der Waals surface area contributed by atoms with E-state index >= 15 is 0 Å². The van der Waals surface area contributed by atoms with Gasteiger partial charge in [-0.1, -0.05) is 43.0 Å². The molecule has 0 radical (unpaired) electrons. The summed E-state index contributed by atoms with van der Waals surface area (Å²) >= 11 is 14.4. The van der Waals surface area contributed by atoms with Crippen molar-refractivity contribution in [2.24, 2.45) is 0 Å². The van der Waals surface area contributed by atoms with Crippen molar-refractivity contribution in [1.82, 2.24) is 20.2 Å². The lowest BCUT2D eigenvalue weighted by Crippen LogP contribution is -2.45. The van der Waals surface area contributed by atoms with Crippen LogP contribution in [0.3, 0.4) is 0 Å². The molecule has 5 nitrogen and oxygen atoms in total. The molecular formula is C24H28Cl2N4OS. The number of hydrazine groups is 1. The molecule has 1 saturated heterocycles. The van der Waals surface area contributed by atoms with Crippen LogP contribution in [0.5, 0.6) is 0 Å². The van der Waals surface area contributed by atoms with E-state index in [2.05, 4.69) is 24.5 Å². The number of piperidine rings is 1. The fourth-order valence-corrected chi connectivity index (χ4v) is 5.65. The molecule has 170 valence electrons. The van der Waals surface area contributed by atoms with Crippen molar-refractivity contribution in [3.8, 4) is 16.3 Å². The normalized spacial score (nSPS) is 14.6. The SMILES string of the molecule is CCCCc1ccc(-c2c(C)c(C(=O)NN3CCCCC3)nn2-c2ccc(Cl)cc2Cl)s1. The van der Waals surface area contributed by atoms with Crippen LogP contribution >= 0.6 is 34.5 Å². The molecule has 32 heavy (non-hydrogen) atoms. The maximum Gasteiger partial charge on any atom is 0.286 e. The van der Waals surface area contributed by atoms with Crippen molar-refractivity contribution < 1.29 is 4.79 Å². The van der Waals surface area contributed by atoms with Gasteiger partial charge in [0.05, 0.1) is 21.3 Å². The number of thiophene rings is 1. The van der Waals surface area contributed by atoms with Gasteiger partial charge in [0.15, 0.2) is 5.69 Å².